The molecular formula is C11H11ClN6. The molecule has 0 atom stereocenters. The second kappa shape index (κ2) is 7.77. The van der Waals surface area contributed by atoms with Crippen molar-refractivity contribution in [3.05, 3.63) is 35.7 Å². The average molecular weight is 263 g/mol. The molecule has 0 spiro atoms. The van der Waals surface area contributed by atoms with Crippen molar-refractivity contribution < 1.29 is 0 Å². The van der Waals surface area contributed by atoms with Crippen molar-refractivity contribution in [2.45, 2.75) is 13.8 Å². The minimum atomic E-state index is 0. The Labute approximate surface area is 111 Å². The van der Waals surface area contributed by atoms with E-state index in [1.807, 2.05) is 12.1 Å². The predicted octanol–water partition coefficient (Wildman–Crippen LogP) is 1.73. The Balaban J connectivity index is 0.000000512. The standard InChI is InChI=1S/C9H10N4.C2N2.ClH/c1-7-4-3-5-9(8(7)2)13-6-10-11-12-13;3-1-2-4;/h3-6H,1-2H3;;1H. The first-order valence-electron chi connectivity index (χ1n) is 4.78. The summed E-state index contributed by atoms with van der Waals surface area (Å²) in [4.78, 5) is 0. The maximum Gasteiger partial charge on any atom is 0.181 e. The van der Waals surface area contributed by atoms with Crippen molar-refractivity contribution >= 4 is 12.4 Å². The van der Waals surface area contributed by atoms with Crippen molar-refractivity contribution in [1.82, 2.24) is 20.2 Å². The lowest BCUT2D eigenvalue weighted by atomic mass is 10.1. The van der Waals surface area contributed by atoms with E-state index >= 15 is 0 Å². The van der Waals surface area contributed by atoms with Crippen LogP contribution in [0, 0.1) is 36.5 Å². The van der Waals surface area contributed by atoms with Gasteiger partial charge in [-0.15, -0.1) is 17.5 Å². The van der Waals surface area contributed by atoms with Crippen LogP contribution >= 0.6 is 12.4 Å². The summed E-state index contributed by atoms with van der Waals surface area (Å²) < 4.78 is 1.67. The predicted molar refractivity (Wildman–Crippen MR) is 67.1 cm³/mol. The molecule has 1 aromatic carbocycles. The molecule has 0 unspecified atom stereocenters. The molecule has 92 valence electrons. The number of hydrogen-bond acceptors (Lipinski definition) is 5. The molecule has 0 fully saturated rings. The zero-order valence-corrected chi connectivity index (χ0v) is 10.7. The Hall–Kier alpha value is -2.44. The topological polar surface area (TPSA) is 91.2 Å². The quantitative estimate of drug-likeness (QED) is 0.780. The van der Waals surface area contributed by atoms with Gasteiger partial charge in [-0.25, -0.2) is 4.68 Å². The van der Waals surface area contributed by atoms with Gasteiger partial charge in [-0.2, -0.15) is 10.5 Å². The van der Waals surface area contributed by atoms with Crippen LogP contribution in [0.25, 0.3) is 5.69 Å². The van der Waals surface area contributed by atoms with E-state index < -0.39 is 0 Å². The van der Waals surface area contributed by atoms with Crippen LogP contribution in [0.3, 0.4) is 0 Å². The summed E-state index contributed by atoms with van der Waals surface area (Å²) in [7, 11) is 0. The van der Waals surface area contributed by atoms with Gasteiger partial charge in [0.05, 0.1) is 5.69 Å². The van der Waals surface area contributed by atoms with Crippen LogP contribution in [-0.4, -0.2) is 20.2 Å². The van der Waals surface area contributed by atoms with Crippen LogP contribution in [0.4, 0.5) is 0 Å². The second-order valence-electron chi connectivity index (χ2n) is 3.20. The van der Waals surface area contributed by atoms with Crippen LogP contribution in [0.15, 0.2) is 24.5 Å². The summed E-state index contributed by atoms with van der Waals surface area (Å²) in [5, 5.41) is 25.6. The Bertz CT molecular complexity index is 552. The number of nitrogens with zero attached hydrogens (tertiary/aromatic N) is 6. The fourth-order valence-electron chi connectivity index (χ4n) is 1.26. The number of nitriles is 2. The average Bonchev–Trinajstić information content (AvgIpc) is 2.86. The molecule has 0 aliphatic carbocycles. The van der Waals surface area contributed by atoms with E-state index in [1.54, 1.807) is 11.0 Å². The van der Waals surface area contributed by atoms with E-state index in [-0.39, 0.29) is 12.4 Å². The first-order chi connectivity index (χ1) is 8.20. The van der Waals surface area contributed by atoms with Crippen molar-refractivity contribution in [1.29, 1.82) is 10.5 Å². The molecule has 6 nitrogen and oxygen atoms in total. The number of aryl methyl sites for hydroxylation is 1. The molecule has 0 radical (unpaired) electrons. The fraction of sp³-hybridized carbons (Fsp3) is 0.182. The zero-order chi connectivity index (χ0) is 12.7. The Morgan fingerprint density at radius 2 is 1.83 bits per heavy atom. The number of rotatable bonds is 1. The van der Waals surface area contributed by atoms with Gasteiger partial charge in [0.2, 0.25) is 0 Å². The maximum absolute atomic E-state index is 7.26. The molecular weight excluding hydrogens is 252 g/mol. The highest BCUT2D eigenvalue weighted by Crippen LogP contribution is 2.15. The molecule has 7 heteroatoms. The van der Waals surface area contributed by atoms with E-state index in [1.165, 1.54) is 23.3 Å². The van der Waals surface area contributed by atoms with E-state index in [0.29, 0.717) is 0 Å². The third-order valence-electron chi connectivity index (χ3n) is 2.22. The molecule has 0 aliphatic heterocycles. The van der Waals surface area contributed by atoms with Gasteiger partial charge in [-0.1, -0.05) is 12.1 Å². The largest absolute Gasteiger partial charge is 0.200 e. The van der Waals surface area contributed by atoms with Gasteiger partial charge in [0.15, 0.2) is 12.1 Å². The highest BCUT2D eigenvalue weighted by atomic mass is 35.5. The summed E-state index contributed by atoms with van der Waals surface area (Å²) in [6, 6.07) is 8.54. The lowest BCUT2D eigenvalue weighted by Gasteiger charge is -2.05. The SMILES string of the molecule is Cc1cccc(-n2cnnn2)c1C.Cl.N#CC#N. The van der Waals surface area contributed by atoms with Gasteiger partial charge in [-0.05, 0) is 41.5 Å². The van der Waals surface area contributed by atoms with E-state index in [2.05, 4.69) is 35.4 Å². The minimum absolute atomic E-state index is 0. The van der Waals surface area contributed by atoms with Gasteiger partial charge in [0.25, 0.3) is 0 Å². The zero-order valence-electron chi connectivity index (χ0n) is 9.90. The van der Waals surface area contributed by atoms with Crippen molar-refractivity contribution in [2.24, 2.45) is 0 Å². The van der Waals surface area contributed by atoms with Gasteiger partial charge in [0, 0.05) is 0 Å². The highest BCUT2D eigenvalue weighted by molar-refractivity contribution is 5.85. The normalized spacial score (nSPS) is 8.00. The lowest BCUT2D eigenvalue weighted by Crippen LogP contribution is -1.99. The van der Waals surface area contributed by atoms with Gasteiger partial charge in [0.1, 0.15) is 6.33 Å². The summed E-state index contributed by atoms with van der Waals surface area (Å²) in [6.07, 6.45) is 1.60. The number of halogens is 1. The van der Waals surface area contributed by atoms with Gasteiger partial charge >= 0.3 is 0 Å². The Morgan fingerprint density at radius 1 is 1.17 bits per heavy atom. The summed E-state index contributed by atoms with van der Waals surface area (Å²) in [5.74, 6) is 0. The molecule has 0 amide bonds. The summed E-state index contributed by atoms with van der Waals surface area (Å²) in [6.45, 7) is 4.13. The van der Waals surface area contributed by atoms with Gasteiger partial charge < -0.3 is 0 Å². The number of aromatic nitrogens is 4. The van der Waals surface area contributed by atoms with Crippen LogP contribution in [-0.2, 0) is 0 Å². The molecule has 18 heavy (non-hydrogen) atoms. The van der Waals surface area contributed by atoms with E-state index in [0.717, 1.165) is 5.69 Å². The molecule has 2 rings (SSSR count). The third kappa shape index (κ3) is 3.85. The van der Waals surface area contributed by atoms with E-state index in [9.17, 15) is 0 Å². The molecule has 0 bridgehead atoms. The Kier molecular flexibility index (Phi) is 6.72. The molecule has 0 saturated heterocycles. The van der Waals surface area contributed by atoms with Crippen LogP contribution < -0.4 is 0 Å². The highest BCUT2D eigenvalue weighted by Gasteiger charge is 2.02. The molecule has 1 aromatic heterocycles. The first-order valence-corrected chi connectivity index (χ1v) is 4.78. The van der Waals surface area contributed by atoms with Crippen LogP contribution in [0.5, 0.6) is 0 Å². The van der Waals surface area contributed by atoms with Crippen LogP contribution in [0.1, 0.15) is 11.1 Å². The maximum atomic E-state index is 7.26. The first kappa shape index (κ1) is 15.6. The Morgan fingerprint density at radius 3 is 2.33 bits per heavy atom. The van der Waals surface area contributed by atoms with Crippen molar-refractivity contribution in [3.8, 4) is 17.8 Å². The second-order valence-corrected chi connectivity index (χ2v) is 3.20. The fourth-order valence-corrected chi connectivity index (χ4v) is 1.26. The minimum Gasteiger partial charge on any atom is -0.200 e. The summed E-state index contributed by atoms with van der Waals surface area (Å²) >= 11 is 0. The third-order valence-corrected chi connectivity index (χ3v) is 2.22. The van der Waals surface area contributed by atoms with Crippen molar-refractivity contribution in [2.75, 3.05) is 0 Å². The molecule has 2 aromatic rings. The van der Waals surface area contributed by atoms with Gasteiger partial charge in [-0.3, -0.25) is 0 Å². The monoisotopic (exact) mass is 262 g/mol. The molecule has 0 saturated carbocycles. The van der Waals surface area contributed by atoms with E-state index in [4.69, 9.17) is 10.5 Å². The summed E-state index contributed by atoms with van der Waals surface area (Å²) in [5.41, 5.74) is 3.48. The number of hydrogen-bond donors (Lipinski definition) is 0. The van der Waals surface area contributed by atoms with Crippen LogP contribution in [0.2, 0.25) is 0 Å². The molecule has 0 aliphatic rings. The molecule has 0 N–H and O–H groups in total. The lowest BCUT2D eigenvalue weighted by molar-refractivity contribution is 0.784. The molecule has 1 heterocycles. The van der Waals surface area contributed by atoms with Crippen molar-refractivity contribution in [3.63, 3.8) is 0 Å². The smallest absolute Gasteiger partial charge is 0.181 e. The number of tetrazole rings is 1. The number of benzene rings is 1.